The van der Waals surface area contributed by atoms with Crippen LogP contribution in [0.25, 0.3) is 17.0 Å². The highest BCUT2D eigenvalue weighted by Crippen LogP contribution is 2.17. The van der Waals surface area contributed by atoms with Gasteiger partial charge in [0.1, 0.15) is 5.82 Å². The number of H-pyrrole nitrogens is 1. The lowest BCUT2D eigenvalue weighted by Gasteiger charge is -2.06. The van der Waals surface area contributed by atoms with Crippen molar-refractivity contribution in [2.24, 2.45) is 0 Å². The summed E-state index contributed by atoms with van der Waals surface area (Å²) in [6.07, 6.45) is 5.21. The predicted molar refractivity (Wildman–Crippen MR) is 70.8 cm³/mol. The number of nitrogens with one attached hydrogen (secondary N) is 1. The van der Waals surface area contributed by atoms with Crippen LogP contribution in [0.2, 0.25) is 0 Å². The summed E-state index contributed by atoms with van der Waals surface area (Å²) in [6, 6.07) is 5.50. The van der Waals surface area contributed by atoms with Gasteiger partial charge in [-0.25, -0.2) is 19.3 Å². The van der Waals surface area contributed by atoms with E-state index in [2.05, 4.69) is 27.1 Å². The lowest BCUT2D eigenvalue weighted by molar-refractivity contribution is 0.869. The van der Waals surface area contributed by atoms with Crippen LogP contribution < -0.4 is 5.69 Å². The maximum atomic E-state index is 11.8. The number of aromatic nitrogens is 5. The van der Waals surface area contributed by atoms with Gasteiger partial charge in [0.25, 0.3) is 0 Å². The number of nitrogens with zero attached hydrogens (tertiary/aromatic N) is 4. The van der Waals surface area contributed by atoms with Crippen molar-refractivity contribution in [1.29, 1.82) is 0 Å². The summed E-state index contributed by atoms with van der Waals surface area (Å²) >= 11 is 0. The second-order valence-corrected chi connectivity index (χ2v) is 4.28. The van der Waals surface area contributed by atoms with Crippen molar-refractivity contribution in [2.75, 3.05) is 0 Å². The molecule has 6 heteroatoms. The van der Waals surface area contributed by atoms with Crippen molar-refractivity contribution >= 4 is 5.65 Å². The first-order chi connectivity index (χ1) is 9.29. The van der Waals surface area contributed by atoms with E-state index in [0.717, 1.165) is 24.1 Å². The topological polar surface area (TPSA) is 75.9 Å². The van der Waals surface area contributed by atoms with Crippen LogP contribution in [0.1, 0.15) is 19.0 Å². The standard InChI is InChI=1S/C13H13N5O/c1-2-3-10-8-11-16-17-13(19)18(11)12(15-10)9-4-6-14-7-5-9/h4-8H,2-3H2,1H3,(H,17,19). The predicted octanol–water partition coefficient (Wildman–Crippen LogP) is 1.43. The van der Waals surface area contributed by atoms with Crippen LogP contribution in [0.5, 0.6) is 0 Å². The van der Waals surface area contributed by atoms with Gasteiger partial charge in [0.2, 0.25) is 0 Å². The Labute approximate surface area is 109 Å². The zero-order chi connectivity index (χ0) is 13.2. The maximum Gasteiger partial charge on any atom is 0.349 e. The summed E-state index contributed by atoms with van der Waals surface area (Å²) < 4.78 is 1.48. The normalized spacial score (nSPS) is 11.0. The number of rotatable bonds is 3. The van der Waals surface area contributed by atoms with Gasteiger partial charge in [0.05, 0.1) is 0 Å². The lowest BCUT2D eigenvalue weighted by atomic mass is 10.2. The minimum Gasteiger partial charge on any atom is -0.265 e. The fourth-order valence-corrected chi connectivity index (χ4v) is 2.06. The van der Waals surface area contributed by atoms with Gasteiger partial charge < -0.3 is 0 Å². The fourth-order valence-electron chi connectivity index (χ4n) is 2.06. The molecule has 0 fully saturated rings. The summed E-state index contributed by atoms with van der Waals surface area (Å²) in [5.74, 6) is 0.599. The molecule has 0 radical (unpaired) electrons. The molecule has 0 saturated heterocycles. The highest BCUT2D eigenvalue weighted by atomic mass is 16.1. The van der Waals surface area contributed by atoms with E-state index in [1.54, 1.807) is 12.4 Å². The molecule has 0 amide bonds. The Kier molecular flexibility index (Phi) is 2.83. The van der Waals surface area contributed by atoms with Gasteiger partial charge in [-0.1, -0.05) is 13.3 Å². The fraction of sp³-hybridized carbons (Fsp3) is 0.231. The molecule has 3 aromatic heterocycles. The summed E-state index contributed by atoms with van der Waals surface area (Å²) in [6.45, 7) is 2.09. The van der Waals surface area contributed by atoms with Crippen LogP contribution in [0.4, 0.5) is 0 Å². The summed E-state index contributed by atoms with van der Waals surface area (Å²) in [5, 5.41) is 6.48. The molecule has 0 atom stereocenters. The number of aryl methyl sites for hydroxylation is 1. The van der Waals surface area contributed by atoms with Crippen LogP contribution in [-0.4, -0.2) is 24.6 Å². The lowest BCUT2D eigenvalue weighted by Crippen LogP contribution is -2.13. The molecule has 6 nitrogen and oxygen atoms in total. The smallest absolute Gasteiger partial charge is 0.265 e. The van der Waals surface area contributed by atoms with Gasteiger partial charge in [-0.15, -0.1) is 0 Å². The van der Waals surface area contributed by atoms with Gasteiger partial charge in [0.15, 0.2) is 5.65 Å². The van der Waals surface area contributed by atoms with Gasteiger partial charge >= 0.3 is 5.69 Å². The molecule has 0 aliphatic carbocycles. The van der Waals surface area contributed by atoms with Crippen LogP contribution in [-0.2, 0) is 6.42 Å². The summed E-state index contributed by atoms with van der Waals surface area (Å²) in [5.41, 5.74) is 2.09. The number of pyridine rings is 1. The van der Waals surface area contributed by atoms with Crippen molar-refractivity contribution < 1.29 is 0 Å². The zero-order valence-electron chi connectivity index (χ0n) is 10.5. The van der Waals surface area contributed by atoms with E-state index in [1.165, 1.54) is 4.40 Å². The average Bonchev–Trinajstić information content (AvgIpc) is 2.81. The van der Waals surface area contributed by atoms with E-state index in [9.17, 15) is 4.79 Å². The molecule has 96 valence electrons. The molecule has 0 aliphatic heterocycles. The Morgan fingerprint density at radius 3 is 2.84 bits per heavy atom. The van der Waals surface area contributed by atoms with E-state index in [-0.39, 0.29) is 5.69 Å². The van der Waals surface area contributed by atoms with E-state index in [4.69, 9.17) is 0 Å². The van der Waals surface area contributed by atoms with Crippen LogP contribution in [0.3, 0.4) is 0 Å². The van der Waals surface area contributed by atoms with Crippen LogP contribution in [0, 0.1) is 0 Å². The Hall–Kier alpha value is -2.50. The van der Waals surface area contributed by atoms with Crippen LogP contribution in [0.15, 0.2) is 35.4 Å². The number of hydrogen-bond donors (Lipinski definition) is 1. The molecule has 0 spiro atoms. The summed E-state index contributed by atoms with van der Waals surface area (Å²) in [4.78, 5) is 20.4. The Bertz CT molecular complexity index is 760. The maximum absolute atomic E-state index is 11.8. The van der Waals surface area contributed by atoms with E-state index < -0.39 is 0 Å². The molecule has 0 unspecified atom stereocenters. The quantitative estimate of drug-likeness (QED) is 0.768. The average molecular weight is 255 g/mol. The molecule has 0 aliphatic rings. The van der Waals surface area contributed by atoms with Crippen molar-refractivity contribution in [1.82, 2.24) is 24.6 Å². The van der Waals surface area contributed by atoms with E-state index in [1.807, 2.05) is 18.2 Å². The highest BCUT2D eigenvalue weighted by molar-refractivity contribution is 5.58. The van der Waals surface area contributed by atoms with Crippen LogP contribution >= 0.6 is 0 Å². The summed E-state index contributed by atoms with van der Waals surface area (Å²) in [7, 11) is 0. The molecule has 0 bridgehead atoms. The third-order valence-electron chi connectivity index (χ3n) is 2.90. The zero-order valence-corrected chi connectivity index (χ0v) is 10.5. The van der Waals surface area contributed by atoms with Gasteiger partial charge in [0, 0.05) is 29.7 Å². The molecule has 19 heavy (non-hydrogen) atoms. The molecule has 3 aromatic rings. The third-order valence-corrected chi connectivity index (χ3v) is 2.90. The molecular weight excluding hydrogens is 242 g/mol. The first-order valence-electron chi connectivity index (χ1n) is 6.17. The third kappa shape index (κ3) is 2.01. The minimum absolute atomic E-state index is 0.280. The van der Waals surface area contributed by atoms with Crippen molar-refractivity contribution in [3.8, 4) is 11.4 Å². The molecule has 0 saturated carbocycles. The monoisotopic (exact) mass is 255 g/mol. The SMILES string of the molecule is CCCc1cc2n[nH]c(=O)n2c(-c2ccncc2)n1. The Balaban J connectivity index is 2.31. The van der Waals surface area contributed by atoms with Gasteiger partial charge in [-0.05, 0) is 18.6 Å². The van der Waals surface area contributed by atoms with Gasteiger partial charge in [-0.2, -0.15) is 5.10 Å². The second kappa shape index (κ2) is 4.64. The minimum atomic E-state index is -0.280. The molecule has 3 rings (SSSR count). The molecular formula is C13H13N5O. The molecule has 3 heterocycles. The Morgan fingerprint density at radius 1 is 1.32 bits per heavy atom. The second-order valence-electron chi connectivity index (χ2n) is 4.28. The van der Waals surface area contributed by atoms with Crippen molar-refractivity contribution in [3.05, 3.63) is 46.8 Å². The number of hydrogen-bond acceptors (Lipinski definition) is 4. The van der Waals surface area contributed by atoms with Gasteiger partial charge in [-0.3, -0.25) is 4.98 Å². The van der Waals surface area contributed by atoms with E-state index >= 15 is 0 Å². The van der Waals surface area contributed by atoms with E-state index in [0.29, 0.717) is 11.5 Å². The van der Waals surface area contributed by atoms with Crippen molar-refractivity contribution in [3.63, 3.8) is 0 Å². The highest BCUT2D eigenvalue weighted by Gasteiger charge is 2.11. The first kappa shape index (κ1) is 11.6. The number of fused-ring (bicyclic) bond motifs is 1. The molecule has 1 N–H and O–H groups in total. The molecule has 0 aromatic carbocycles. The number of aromatic amines is 1. The Morgan fingerprint density at radius 2 is 2.11 bits per heavy atom. The first-order valence-corrected chi connectivity index (χ1v) is 6.17. The van der Waals surface area contributed by atoms with Crippen molar-refractivity contribution in [2.45, 2.75) is 19.8 Å². The largest absolute Gasteiger partial charge is 0.349 e.